The first-order chi connectivity index (χ1) is 12.3. The molecule has 0 bridgehead atoms. The number of rotatable bonds is 5. The summed E-state index contributed by atoms with van der Waals surface area (Å²) in [5, 5.41) is 10.3. The monoisotopic (exact) mass is 355 g/mol. The van der Waals surface area contributed by atoms with E-state index in [1.54, 1.807) is 6.07 Å². The molecule has 3 rings (SSSR count). The van der Waals surface area contributed by atoms with E-state index in [-0.39, 0.29) is 17.4 Å². The lowest BCUT2D eigenvalue weighted by Crippen LogP contribution is -2.51. The molecule has 2 aliphatic rings. The van der Waals surface area contributed by atoms with Crippen molar-refractivity contribution in [3.05, 3.63) is 46.7 Å². The van der Waals surface area contributed by atoms with E-state index in [4.69, 9.17) is 10.5 Å². The van der Waals surface area contributed by atoms with Crippen molar-refractivity contribution in [2.24, 2.45) is 10.7 Å². The first-order valence-corrected chi connectivity index (χ1v) is 9.15. The van der Waals surface area contributed by atoms with Gasteiger partial charge in [0.2, 0.25) is 0 Å². The molecule has 26 heavy (non-hydrogen) atoms. The van der Waals surface area contributed by atoms with Crippen molar-refractivity contribution < 1.29 is 9.84 Å². The minimum absolute atomic E-state index is 0.101. The molecule has 0 radical (unpaired) electrons. The molecule has 2 fully saturated rings. The van der Waals surface area contributed by atoms with Crippen LogP contribution in [0.4, 0.5) is 0 Å². The van der Waals surface area contributed by atoms with Gasteiger partial charge in [-0.1, -0.05) is 6.07 Å². The van der Waals surface area contributed by atoms with Gasteiger partial charge in [0.25, 0.3) is 0 Å². The van der Waals surface area contributed by atoms with Gasteiger partial charge in [-0.2, -0.15) is 0 Å². The highest BCUT2D eigenvalue weighted by Gasteiger charge is 2.48. The highest BCUT2D eigenvalue weighted by molar-refractivity contribution is 5.75. The van der Waals surface area contributed by atoms with E-state index < -0.39 is 0 Å². The maximum absolute atomic E-state index is 10.3. The average molecular weight is 355 g/mol. The van der Waals surface area contributed by atoms with Gasteiger partial charge < -0.3 is 20.5 Å². The second-order valence-electron chi connectivity index (χ2n) is 7.53. The minimum Gasteiger partial charge on any atom is -0.507 e. The number of benzene rings is 1. The lowest BCUT2D eigenvalue weighted by atomic mass is 10.0. The van der Waals surface area contributed by atoms with Crippen LogP contribution < -0.4 is 5.73 Å². The van der Waals surface area contributed by atoms with Crippen LogP contribution in [0.25, 0.3) is 5.70 Å². The Bertz CT molecular complexity index is 740. The van der Waals surface area contributed by atoms with E-state index in [0.717, 1.165) is 48.3 Å². The number of allylic oxidation sites excluding steroid dienone is 3. The molecule has 1 atom stereocenters. The fourth-order valence-electron chi connectivity index (χ4n) is 3.58. The third-order valence-corrected chi connectivity index (χ3v) is 5.40. The van der Waals surface area contributed by atoms with E-state index in [1.807, 2.05) is 32.1 Å². The Balaban J connectivity index is 1.80. The quantitative estimate of drug-likeness (QED) is 0.629. The summed E-state index contributed by atoms with van der Waals surface area (Å²) in [6, 6.07) is 3.79. The number of nitrogens with two attached hydrogens (primary N) is 1. The molecule has 1 aliphatic carbocycles. The van der Waals surface area contributed by atoms with Crippen molar-refractivity contribution in [1.29, 1.82) is 0 Å². The van der Waals surface area contributed by atoms with Crippen LogP contribution in [0.15, 0.2) is 35.0 Å². The van der Waals surface area contributed by atoms with E-state index in [2.05, 4.69) is 23.5 Å². The smallest absolute Gasteiger partial charge is 0.125 e. The summed E-state index contributed by atoms with van der Waals surface area (Å²) < 4.78 is 5.87. The SMILES string of the molecule is C=N/C(=C\C=C(/C)N1CCOC(C2(N)CC2)C1)c1c(C)cc(C)cc1O. The number of nitrogens with zero attached hydrogens (tertiary/aromatic N) is 2. The molecule has 0 aromatic heterocycles. The summed E-state index contributed by atoms with van der Waals surface area (Å²) in [6.45, 7) is 12.1. The molecule has 1 heterocycles. The summed E-state index contributed by atoms with van der Waals surface area (Å²) >= 11 is 0. The molecule has 1 saturated carbocycles. The zero-order chi connectivity index (χ0) is 18.9. The molecular formula is C21H29N3O2. The Kier molecular flexibility index (Phi) is 5.21. The van der Waals surface area contributed by atoms with Crippen LogP contribution in [0.3, 0.4) is 0 Å². The van der Waals surface area contributed by atoms with E-state index >= 15 is 0 Å². The molecule has 0 spiro atoms. The molecular weight excluding hydrogens is 326 g/mol. The van der Waals surface area contributed by atoms with Crippen LogP contribution >= 0.6 is 0 Å². The molecule has 5 nitrogen and oxygen atoms in total. The van der Waals surface area contributed by atoms with Crippen LogP contribution in [0, 0.1) is 13.8 Å². The fourth-order valence-corrected chi connectivity index (χ4v) is 3.58. The van der Waals surface area contributed by atoms with Crippen LogP contribution in [-0.4, -0.2) is 48.1 Å². The number of ether oxygens (including phenoxy) is 1. The normalized spacial score (nSPS) is 23.1. The summed E-state index contributed by atoms with van der Waals surface area (Å²) in [6.07, 6.45) is 6.14. The number of hydrogen-bond acceptors (Lipinski definition) is 5. The molecule has 1 unspecified atom stereocenters. The Labute approximate surface area is 155 Å². The number of aliphatic imine (C=N–C) groups is 1. The average Bonchev–Trinajstić information content (AvgIpc) is 3.35. The Hall–Kier alpha value is -2.11. The van der Waals surface area contributed by atoms with Gasteiger partial charge in [-0.15, -0.1) is 0 Å². The molecule has 5 heteroatoms. The Morgan fingerprint density at radius 2 is 2.12 bits per heavy atom. The van der Waals surface area contributed by atoms with Crippen molar-refractivity contribution in [3.8, 4) is 5.75 Å². The van der Waals surface area contributed by atoms with Gasteiger partial charge in [0.05, 0.1) is 18.4 Å². The maximum atomic E-state index is 10.3. The van der Waals surface area contributed by atoms with Crippen molar-refractivity contribution in [2.75, 3.05) is 19.7 Å². The van der Waals surface area contributed by atoms with Gasteiger partial charge in [0.15, 0.2) is 0 Å². The summed E-state index contributed by atoms with van der Waals surface area (Å²) in [5.41, 5.74) is 10.7. The Morgan fingerprint density at radius 3 is 2.73 bits per heavy atom. The maximum Gasteiger partial charge on any atom is 0.125 e. The molecule has 0 amide bonds. The van der Waals surface area contributed by atoms with E-state index in [1.165, 1.54) is 0 Å². The van der Waals surface area contributed by atoms with Crippen molar-refractivity contribution in [1.82, 2.24) is 4.90 Å². The molecule has 1 aromatic rings. The second kappa shape index (κ2) is 7.25. The van der Waals surface area contributed by atoms with Gasteiger partial charge in [0.1, 0.15) is 5.75 Å². The van der Waals surface area contributed by atoms with Gasteiger partial charge in [-0.25, -0.2) is 0 Å². The predicted molar refractivity (Wildman–Crippen MR) is 106 cm³/mol. The van der Waals surface area contributed by atoms with E-state index in [0.29, 0.717) is 12.3 Å². The second-order valence-corrected chi connectivity index (χ2v) is 7.53. The Morgan fingerprint density at radius 1 is 1.38 bits per heavy atom. The number of aromatic hydroxyl groups is 1. The largest absolute Gasteiger partial charge is 0.507 e. The number of aryl methyl sites for hydroxylation is 2. The summed E-state index contributed by atoms with van der Waals surface area (Å²) in [5.74, 6) is 0.234. The van der Waals surface area contributed by atoms with E-state index in [9.17, 15) is 5.11 Å². The molecule has 1 aromatic carbocycles. The zero-order valence-electron chi connectivity index (χ0n) is 16.0. The van der Waals surface area contributed by atoms with Crippen molar-refractivity contribution in [3.63, 3.8) is 0 Å². The lowest BCUT2D eigenvalue weighted by Gasteiger charge is -2.37. The van der Waals surface area contributed by atoms with Gasteiger partial charge in [-0.3, -0.25) is 4.99 Å². The third kappa shape index (κ3) is 3.84. The highest BCUT2D eigenvalue weighted by Crippen LogP contribution is 2.39. The number of phenolic OH excluding ortho intramolecular Hbond substituents is 1. The van der Waals surface area contributed by atoms with Crippen LogP contribution in [0.1, 0.15) is 36.5 Å². The number of phenols is 1. The first-order valence-electron chi connectivity index (χ1n) is 9.15. The lowest BCUT2D eigenvalue weighted by molar-refractivity contribution is -0.0350. The van der Waals surface area contributed by atoms with Gasteiger partial charge >= 0.3 is 0 Å². The number of hydrogen-bond donors (Lipinski definition) is 2. The van der Waals surface area contributed by atoms with Crippen molar-refractivity contribution in [2.45, 2.75) is 45.3 Å². The van der Waals surface area contributed by atoms with Gasteiger partial charge in [0, 0.05) is 29.9 Å². The zero-order valence-corrected chi connectivity index (χ0v) is 16.0. The summed E-state index contributed by atoms with van der Waals surface area (Å²) in [7, 11) is 0. The molecule has 140 valence electrons. The third-order valence-electron chi connectivity index (χ3n) is 5.40. The molecule has 1 saturated heterocycles. The highest BCUT2D eigenvalue weighted by atomic mass is 16.5. The van der Waals surface area contributed by atoms with Gasteiger partial charge in [-0.05, 0) is 69.7 Å². The number of morpholine rings is 1. The summed E-state index contributed by atoms with van der Waals surface area (Å²) in [4.78, 5) is 6.44. The standard InChI is InChI=1S/C21H29N3O2/c1-14-11-15(2)20(18(25)12-14)17(23-4)6-5-16(3)24-9-10-26-19(13-24)21(22)7-8-21/h5-6,11-12,19,25H,4,7-10,13,22H2,1-3H3/b16-5+,17-6-. The van der Waals surface area contributed by atoms with Crippen molar-refractivity contribution >= 4 is 12.4 Å². The molecule has 3 N–H and O–H groups in total. The van der Waals surface area contributed by atoms with Crippen LogP contribution in [0.5, 0.6) is 5.75 Å². The minimum atomic E-state index is -0.132. The topological polar surface area (TPSA) is 71.1 Å². The molecule has 1 aliphatic heterocycles. The van der Waals surface area contributed by atoms with Crippen LogP contribution in [-0.2, 0) is 4.74 Å². The fraction of sp³-hybridized carbons (Fsp3) is 0.476. The van der Waals surface area contributed by atoms with Crippen LogP contribution in [0.2, 0.25) is 0 Å². The first kappa shape index (κ1) is 18.7. The predicted octanol–water partition coefficient (Wildman–Crippen LogP) is 3.15.